The minimum atomic E-state index is -0.735. The van der Waals surface area contributed by atoms with Crippen LogP contribution in [0.25, 0.3) is 0 Å². The number of amides is 1. The van der Waals surface area contributed by atoms with Crippen LogP contribution in [-0.2, 0) is 9.53 Å². The van der Waals surface area contributed by atoms with E-state index >= 15 is 0 Å². The van der Waals surface area contributed by atoms with E-state index in [9.17, 15) is 9.59 Å². The van der Waals surface area contributed by atoms with E-state index in [-0.39, 0.29) is 12.5 Å². The molecule has 6 heteroatoms. The molecule has 1 atom stereocenters. The predicted octanol–water partition coefficient (Wildman–Crippen LogP) is 3.67. The number of hydrogen-bond acceptors (Lipinski definition) is 5. The lowest BCUT2D eigenvalue weighted by molar-refractivity contribution is -0.122. The third kappa shape index (κ3) is 4.75. The number of rotatable bonds is 8. The van der Waals surface area contributed by atoms with Crippen LogP contribution in [0.5, 0.6) is 11.5 Å². The molecular weight excluding hydrogens is 334 g/mol. The summed E-state index contributed by atoms with van der Waals surface area (Å²) in [6, 6.07) is 13.8. The van der Waals surface area contributed by atoms with Gasteiger partial charge in [0.25, 0.3) is 5.91 Å². The molecule has 0 unspecified atom stereocenters. The van der Waals surface area contributed by atoms with Crippen molar-refractivity contribution >= 4 is 17.6 Å². The molecule has 1 amide bonds. The van der Waals surface area contributed by atoms with Crippen LogP contribution in [0, 0.1) is 0 Å². The maximum Gasteiger partial charge on any atom is 0.340 e. The number of benzene rings is 2. The zero-order valence-corrected chi connectivity index (χ0v) is 15.2. The number of carbonyl (C=O) groups excluding carboxylic acids is 2. The Hall–Kier alpha value is -3.02. The van der Waals surface area contributed by atoms with Crippen molar-refractivity contribution in [2.24, 2.45) is 0 Å². The number of anilines is 1. The summed E-state index contributed by atoms with van der Waals surface area (Å²) in [6.07, 6.45) is -0.285. The van der Waals surface area contributed by atoms with Crippen molar-refractivity contribution in [1.29, 1.82) is 0 Å². The van der Waals surface area contributed by atoms with E-state index in [2.05, 4.69) is 5.32 Å². The monoisotopic (exact) mass is 357 g/mol. The van der Waals surface area contributed by atoms with Crippen molar-refractivity contribution in [2.45, 2.75) is 26.4 Å². The van der Waals surface area contributed by atoms with Gasteiger partial charge in [0.15, 0.2) is 17.6 Å². The van der Waals surface area contributed by atoms with Gasteiger partial charge in [-0.15, -0.1) is 0 Å². The number of para-hydroxylation sites is 3. The maximum atomic E-state index is 12.7. The Morgan fingerprint density at radius 1 is 1.00 bits per heavy atom. The van der Waals surface area contributed by atoms with E-state index in [0.717, 1.165) is 0 Å². The zero-order chi connectivity index (χ0) is 18.9. The summed E-state index contributed by atoms with van der Waals surface area (Å²) in [6.45, 7) is 3.83. The molecule has 0 saturated carbocycles. The fraction of sp³-hybridized carbons (Fsp3) is 0.300. The van der Waals surface area contributed by atoms with Gasteiger partial charge < -0.3 is 19.5 Å². The molecule has 0 fully saturated rings. The highest BCUT2D eigenvalue weighted by Gasteiger charge is 2.22. The number of hydrogen-bond donors (Lipinski definition) is 1. The zero-order valence-electron chi connectivity index (χ0n) is 15.2. The number of ether oxygens (including phenoxy) is 3. The van der Waals surface area contributed by atoms with Crippen molar-refractivity contribution in [3.05, 3.63) is 54.1 Å². The van der Waals surface area contributed by atoms with Gasteiger partial charge in [-0.2, -0.15) is 0 Å². The average Bonchev–Trinajstić information content (AvgIpc) is 2.66. The second kappa shape index (κ2) is 9.46. The van der Waals surface area contributed by atoms with Crippen LogP contribution in [-0.4, -0.2) is 31.7 Å². The van der Waals surface area contributed by atoms with Crippen molar-refractivity contribution in [3.63, 3.8) is 0 Å². The van der Waals surface area contributed by atoms with Gasteiger partial charge in [0.05, 0.1) is 25.0 Å². The highest BCUT2D eigenvalue weighted by Crippen LogP contribution is 2.27. The minimum absolute atomic E-state index is 0.260. The third-order valence-electron chi connectivity index (χ3n) is 3.68. The SMILES string of the molecule is CCOC(=O)c1ccccc1NC(=O)[C@H](CC)Oc1ccccc1OC. The first-order valence-corrected chi connectivity index (χ1v) is 8.47. The van der Waals surface area contributed by atoms with Gasteiger partial charge in [0.1, 0.15) is 0 Å². The number of nitrogens with one attached hydrogen (secondary N) is 1. The number of methoxy groups -OCH3 is 1. The van der Waals surface area contributed by atoms with Crippen LogP contribution >= 0.6 is 0 Å². The molecule has 26 heavy (non-hydrogen) atoms. The molecule has 138 valence electrons. The minimum Gasteiger partial charge on any atom is -0.493 e. The van der Waals surface area contributed by atoms with Crippen LogP contribution in [0.3, 0.4) is 0 Å². The van der Waals surface area contributed by atoms with E-state index in [1.54, 1.807) is 56.5 Å². The van der Waals surface area contributed by atoms with Crippen molar-refractivity contribution < 1.29 is 23.8 Å². The Morgan fingerprint density at radius 2 is 1.65 bits per heavy atom. The summed E-state index contributed by atoms with van der Waals surface area (Å²) in [4.78, 5) is 24.7. The van der Waals surface area contributed by atoms with Crippen molar-refractivity contribution in [3.8, 4) is 11.5 Å². The van der Waals surface area contributed by atoms with Gasteiger partial charge in [-0.05, 0) is 37.6 Å². The molecule has 0 bridgehead atoms. The fourth-order valence-corrected chi connectivity index (χ4v) is 2.38. The Bertz CT molecular complexity index is 759. The quantitative estimate of drug-likeness (QED) is 0.730. The predicted molar refractivity (Wildman–Crippen MR) is 98.7 cm³/mol. The first-order chi connectivity index (χ1) is 12.6. The normalized spacial score (nSPS) is 11.3. The van der Waals surface area contributed by atoms with Gasteiger partial charge >= 0.3 is 5.97 Å². The van der Waals surface area contributed by atoms with Gasteiger partial charge in [-0.25, -0.2) is 4.79 Å². The van der Waals surface area contributed by atoms with Crippen molar-refractivity contribution in [2.75, 3.05) is 19.0 Å². The fourth-order valence-electron chi connectivity index (χ4n) is 2.38. The molecule has 2 aromatic rings. The second-order valence-corrected chi connectivity index (χ2v) is 5.42. The lowest BCUT2D eigenvalue weighted by Gasteiger charge is -2.19. The smallest absolute Gasteiger partial charge is 0.340 e. The molecule has 2 rings (SSSR count). The molecule has 0 aliphatic heterocycles. The molecule has 1 N–H and O–H groups in total. The summed E-state index contributed by atoms with van der Waals surface area (Å²) in [7, 11) is 1.54. The average molecular weight is 357 g/mol. The van der Waals surface area contributed by atoms with E-state index < -0.39 is 12.1 Å². The van der Waals surface area contributed by atoms with Gasteiger partial charge in [-0.3, -0.25) is 4.79 Å². The molecule has 0 aliphatic carbocycles. The van der Waals surface area contributed by atoms with E-state index in [1.807, 2.05) is 13.0 Å². The summed E-state index contributed by atoms with van der Waals surface area (Å²) in [5.74, 6) is 0.193. The second-order valence-electron chi connectivity index (χ2n) is 5.42. The highest BCUT2D eigenvalue weighted by atomic mass is 16.5. The largest absolute Gasteiger partial charge is 0.493 e. The highest BCUT2D eigenvalue weighted by molar-refractivity contribution is 6.02. The molecule has 0 saturated heterocycles. The molecular formula is C20H23NO5. The molecule has 0 aliphatic rings. The molecule has 0 spiro atoms. The van der Waals surface area contributed by atoms with Crippen LogP contribution in [0.1, 0.15) is 30.6 Å². The Morgan fingerprint density at radius 3 is 2.31 bits per heavy atom. The Kier molecular flexibility index (Phi) is 7.02. The number of carbonyl (C=O) groups is 2. The van der Waals surface area contributed by atoms with E-state index in [1.165, 1.54) is 0 Å². The summed E-state index contributed by atoms with van der Waals surface area (Å²) in [5.41, 5.74) is 0.688. The van der Waals surface area contributed by atoms with E-state index in [0.29, 0.717) is 29.2 Å². The standard InChI is InChI=1S/C20H23NO5/c1-4-16(26-18-13-9-8-12-17(18)24-3)19(22)21-15-11-7-6-10-14(15)20(23)25-5-2/h6-13,16H,4-5H2,1-3H3,(H,21,22)/t16-/m0/s1. The number of esters is 1. The Balaban J connectivity index is 2.16. The Labute approximate surface area is 153 Å². The van der Waals surface area contributed by atoms with Crippen LogP contribution < -0.4 is 14.8 Å². The van der Waals surface area contributed by atoms with Crippen LogP contribution in [0.2, 0.25) is 0 Å². The van der Waals surface area contributed by atoms with Crippen LogP contribution in [0.4, 0.5) is 5.69 Å². The third-order valence-corrected chi connectivity index (χ3v) is 3.68. The molecule has 0 aromatic heterocycles. The van der Waals surface area contributed by atoms with Crippen molar-refractivity contribution in [1.82, 2.24) is 0 Å². The first kappa shape index (κ1) is 19.3. The molecule has 6 nitrogen and oxygen atoms in total. The van der Waals surface area contributed by atoms with Gasteiger partial charge in [-0.1, -0.05) is 31.2 Å². The molecule has 0 radical (unpaired) electrons. The topological polar surface area (TPSA) is 73.9 Å². The maximum absolute atomic E-state index is 12.7. The van der Waals surface area contributed by atoms with Gasteiger partial charge in [0, 0.05) is 0 Å². The lowest BCUT2D eigenvalue weighted by Crippen LogP contribution is -2.33. The molecule has 0 heterocycles. The summed E-state index contributed by atoms with van der Waals surface area (Å²) in [5, 5.41) is 2.75. The molecule has 2 aromatic carbocycles. The van der Waals surface area contributed by atoms with Gasteiger partial charge in [0.2, 0.25) is 0 Å². The first-order valence-electron chi connectivity index (χ1n) is 8.47. The van der Waals surface area contributed by atoms with E-state index in [4.69, 9.17) is 14.2 Å². The summed E-state index contributed by atoms with van der Waals surface area (Å²) < 4.78 is 16.1. The van der Waals surface area contributed by atoms with Crippen LogP contribution in [0.15, 0.2) is 48.5 Å². The summed E-state index contributed by atoms with van der Waals surface area (Å²) >= 11 is 0. The lowest BCUT2D eigenvalue weighted by atomic mass is 10.1.